The maximum absolute atomic E-state index is 5.87. The smallest absolute Gasteiger partial charge is 0.138 e. The van der Waals surface area contributed by atoms with E-state index in [-0.39, 0.29) is 0 Å². The Morgan fingerprint density at radius 1 is 1.47 bits per heavy atom. The van der Waals surface area contributed by atoms with E-state index in [9.17, 15) is 0 Å². The van der Waals surface area contributed by atoms with Gasteiger partial charge in [-0.15, -0.1) is 0 Å². The van der Waals surface area contributed by atoms with Gasteiger partial charge >= 0.3 is 0 Å². The lowest BCUT2D eigenvalue weighted by molar-refractivity contribution is 0.528. The number of aromatic nitrogens is 3. The molecule has 0 aliphatic rings. The summed E-state index contributed by atoms with van der Waals surface area (Å²) in [5, 5.41) is 4.20. The van der Waals surface area contributed by atoms with E-state index in [0.717, 1.165) is 44.5 Å². The first-order chi connectivity index (χ1) is 7.27. The van der Waals surface area contributed by atoms with Gasteiger partial charge in [0.25, 0.3) is 0 Å². The molecule has 1 heterocycles. The molecule has 1 unspecified atom stereocenters. The van der Waals surface area contributed by atoms with E-state index in [1.165, 1.54) is 0 Å². The zero-order valence-electron chi connectivity index (χ0n) is 9.82. The molecule has 86 valence electrons. The summed E-state index contributed by atoms with van der Waals surface area (Å²) in [5.74, 6) is 1.10. The molecule has 1 aromatic rings. The van der Waals surface area contributed by atoms with Gasteiger partial charge in [0, 0.05) is 19.0 Å². The monoisotopic (exact) mass is 210 g/mol. The van der Waals surface area contributed by atoms with E-state index in [1.54, 1.807) is 6.33 Å². The molecule has 0 fully saturated rings. The number of hydrogen-bond acceptors (Lipinski definition) is 3. The quantitative estimate of drug-likeness (QED) is 0.746. The average Bonchev–Trinajstić information content (AvgIpc) is 2.66. The van der Waals surface area contributed by atoms with Crippen LogP contribution in [0.1, 0.15) is 45.4 Å². The standard InChI is InChI=1S/C11H22N4/c1-3-8-15-11(13-9-14-15)7-5-6-10(12)4-2/h9-10H,3-8,12H2,1-2H3. The highest BCUT2D eigenvalue weighted by molar-refractivity contribution is 4.84. The summed E-state index contributed by atoms with van der Waals surface area (Å²) in [4.78, 5) is 4.27. The molecule has 0 saturated carbocycles. The minimum atomic E-state index is 0.340. The lowest BCUT2D eigenvalue weighted by Crippen LogP contribution is -2.18. The second-order valence-corrected chi connectivity index (χ2v) is 3.96. The third kappa shape index (κ3) is 4.00. The van der Waals surface area contributed by atoms with Crippen LogP contribution in [0.3, 0.4) is 0 Å². The van der Waals surface area contributed by atoms with Crippen molar-refractivity contribution >= 4 is 0 Å². The van der Waals surface area contributed by atoms with Crippen LogP contribution >= 0.6 is 0 Å². The largest absolute Gasteiger partial charge is 0.328 e. The van der Waals surface area contributed by atoms with Crippen molar-refractivity contribution in [2.75, 3.05) is 0 Å². The summed E-state index contributed by atoms with van der Waals surface area (Å²) in [5.41, 5.74) is 5.87. The molecule has 1 rings (SSSR count). The van der Waals surface area contributed by atoms with Crippen LogP contribution in [0, 0.1) is 0 Å². The van der Waals surface area contributed by atoms with E-state index in [4.69, 9.17) is 5.73 Å². The average molecular weight is 210 g/mol. The van der Waals surface area contributed by atoms with Crippen LogP contribution in [0.5, 0.6) is 0 Å². The van der Waals surface area contributed by atoms with Crippen molar-refractivity contribution < 1.29 is 0 Å². The fourth-order valence-corrected chi connectivity index (χ4v) is 1.61. The predicted molar refractivity (Wildman–Crippen MR) is 61.5 cm³/mol. The second-order valence-electron chi connectivity index (χ2n) is 3.96. The van der Waals surface area contributed by atoms with Crippen LogP contribution in [-0.4, -0.2) is 20.8 Å². The highest BCUT2D eigenvalue weighted by Gasteiger charge is 2.04. The van der Waals surface area contributed by atoms with E-state index >= 15 is 0 Å². The molecular formula is C11H22N4. The maximum atomic E-state index is 5.87. The number of hydrogen-bond donors (Lipinski definition) is 1. The Bertz CT molecular complexity index is 269. The van der Waals surface area contributed by atoms with Crippen LogP contribution in [0.4, 0.5) is 0 Å². The molecule has 0 spiro atoms. The summed E-state index contributed by atoms with van der Waals surface area (Å²) in [6.45, 7) is 5.25. The summed E-state index contributed by atoms with van der Waals surface area (Å²) in [6, 6.07) is 0.340. The Labute approximate surface area is 91.9 Å². The third-order valence-electron chi connectivity index (χ3n) is 2.63. The Morgan fingerprint density at radius 2 is 2.27 bits per heavy atom. The molecule has 0 bridgehead atoms. The van der Waals surface area contributed by atoms with Crippen molar-refractivity contribution in [1.29, 1.82) is 0 Å². The normalized spacial score (nSPS) is 13.0. The summed E-state index contributed by atoms with van der Waals surface area (Å²) in [7, 11) is 0. The Morgan fingerprint density at radius 3 is 2.93 bits per heavy atom. The molecule has 4 nitrogen and oxygen atoms in total. The molecule has 0 saturated heterocycles. The molecule has 0 aromatic carbocycles. The van der Waals surface area contributed by atoms with Crippen LogP contribution in [0.15, 0.2) is 6.33 Å². The third-order valence-corrected chi connectivity index (χ3v) is 2.63. The highest BCUT2D eigenvalue weighted by atomic mass is 15.3. The minimum Gasteiger partial charge on any atom is -0.328 e. The Kier molecular flexibility index (Phi) is 5.32. The molecular weight excluding hydrogens is 188 g/mol. The first-order valence-corrected chi connectivity index (χ1v) is 5.90. The van der Waals surface area contributed by atoms with Crippen molar-refractivity contribution in [3.63, 3.8) is 0 Å². The van der Waals surface area contributed by atoms with Crippen molar-refractivity contribution in [2.45, 2.75) is 58.5 Å². The van der Waals surface area contributed by atoms with Gasteiger partial charge in [0.2, 0.25) is 0 Å². The predicted octanol–water partition coefficient (Wildman–Crippen LogP) is 1.75. The Hall–Kier alpha value is -0.900. The van der Waals surface area contributed by atoms with Crippen LogP contribution in [0.2, 0.25) is 0 Å². The van der Waals surface area contributed by atoms with Gasteiger partial charge in [-0.1, -0.05) is 13.8 Å². The molecule has 0 aliphatic heterocycles. The number of nitrogens with two attached hydrogens (primary N) is 1. The van der Waals surface area contributed by atoms with Gasteiger partial charge in [0.05, 0.1) is 0 Å². The van der Waals surface area contributed by atoms with E-state index in [2.05, 4.69) is 23.9 Å². The molecule has 0 amide bonds. The van der Waals surface area contributed by atoms with Crippen molar-refractivity contribution in [3.05, 3.63) is 12.2 Å². The molecule has 15 heavy (non-hydrogen) atoms. The zero-order valence-corrected chi connectivity index (χ0v) is 9.82. The molecule has 0 aliphatic carbocycles. The zero-order chi connectivity index (χ0) is 11.1. The second kappa shape index (κ2) is 6.56. The fourth-order valence-electron chi connectivity index (χ4n) is 1.61. The van der Waals surface area contributed by atoms with E-state index in [1.807, 2.05) is 4.68 Å². The van der Waals surface area contributed by atoms with E-state index < -0.39 is 0 Å². The lowest BCUT2D eigenvalue weighted by atomic mass is 10.1. The molecule has 1 atom stereocenters. The fraction of sp³-hybridized carbons (Fsp3) is 0.818. The first-order valence-electron chi connectivity index (χ1n) is 5.90. The SMILES string of the molecule is CCCn1ncnc1CCCC(N)CC. The minimum absolute atomic E-state index is 0.340. The topological polar surface area (TPSA) is 56.7 Å². The highest BCUT2D eigenvalue weighted by Crippen LogP contribution is 2.05. The van der Waals surface area contributed by atoms with Gasteiger partial charge in [-0.25, -0.2) is 4.98 Å². The molecule has 4 heteroatoms. The summed E-state index contributed by atoms with van der Waals surface area (Å²) >= 11 is 0. The van der Waals surface area contributed by atoms with Gasteiger partial charge in [-0.3, -0.25) is 4.68 Å². The first kappa shape index (κ1) is 12.2. The van der Waals surface area contributed by atoms with Gasteiger partial charge in [-0.2, -0.15) is 5.10 Å². The van der Waals surface area contributed by atoms with E-state index in [0.29, 0.717) is 6.04 Å². The van der Waals surface area contributed by atoms with Crippen LogP contribution in [0.25, 0.3) is 0 Å². The Balaban J connectivity index is 2.33. The molecule has 0 radical (unpaired) electrons. The number of nitrogens with zero attached hydrogens (tertiary/aromatic N) is 3. The summed E-state index contributed by atoms with van der Waals surface area (Å²) < 4.78 is 2.00. The van der Waals surface area contributed by atoms with Gasteiger partial charge in [0.1, 0.15) is 12.2 Å². The van der Waals surface area contributed by atoms with Gasteiger partial charge in [0.15, 0.2) is 0 Å². The molecule has 1 aromatic heterocycles. The number of aryl methyl sites for hydroxylation is 2. The van der Waals surface area contributed by atoms with Crippen LogP contribution < -0.4 is 5.73 Å². The van der Waals surface area contributed by atoms with Crippen LogP contribution in [-0.2, 0) is 13.0 Å². The lowest BCUT2D eigenvalue weighted by Gasteiger charge is -2.08. The van der Waals surface area contributed by atoms with Crippen molar-refractivity contribution in [1.82, 2.24) is 14.8 Å². The van der Waals surface area contributed by atoms with Crippen molar-refractivity contribution in [2.24, 2.45) is 5.73 Å². The van der Waals surface area contributed by atoms with Gasteiger partial charge in [-0.05, 0) is 25.7 Å². The maximum Gasteiger partial charge on any atom is 0.138 e. The van der Waals surface area contributed by atoms with Gasteiger partial charge < -0.3 is 5.73 Å². The number of rotatable bonds is 7. The van der Waals surface area contributed by atoms with Crippen molar-refractivity contribution in [3.8, 4) is 0 Å². The summed E-state index contributed by atoms with van der Waals surface area (Å²) in [6.07, 6.45) is 6.98. The molecule has 2 N–H and O–H groups in total.